The van der Waals surface area contributed by atoms with Crippen molar-refractivity contribution in [3.8, 4) is 11.4 Å². The van der Waals surface area contributed by atoms with E-state index in [1.807, 2.05) is 35.2 Å². The minimum absolute atomic E-state index is 0.0882. The molecule has 9 heteroatoms. The van der Waals surface area contributed by atoms with E-state index in [1.54, 1.807) is 37.0 Å². The third kappa shape index (κ3) is 5.14. The fraction of sp³-hybridized carbons (Fsp3) is 0.333. The molecule has 0 atom stereocenters. The standard InChI is InChI=1S/C24H27N5O4/c1-3-33-24(31)18-5-10-22(25-17-18)27-12-4-13-28(16-15-27)23(30)21-11-14-29(26-21)19-6-8-20(32-2)9-7-19/h5-11,14,17H,3-4,12-13,15-16H2,1-2H3. The normalized spacial score (nSPS) is 14.0. The largest absolute Gasteiger partial charge is 0.497 e. The summed E-state index contributed by atoms with van der Waals surface area (Å²) < 4.78 is 11.9. The molecule has 1 amide bonds. The number of carbonyl (C=O) groups is 2. The molecule has 1 aromatic carbocycles. The van der Waals surface area contributed by atoms with Gasteiger partial charge in [-0.15, -0.1) is 0 Å². The van der Waals surface area contributed by atoms with Crippen molar-refractivity contribution < 1.29 is 19.1 Å². The first kappa shape index (κ1) is 22.3. The van der Waals surface area contributed by atoms with Crippen LogP contribution in [0.5, 0.6) is 5.75 Å². The summed E-state index contributed by atoms with van der Waals surface area (Å²) in [5.74, 6) is 1.08. The Hall–Kier alpha value is -3.88. The van der Waals surface area contributed by atoms with Gasteiger partial charge in [-0.3, -0.25) is 4.79 Å². The number of ether oxygens (including phenoxy) is 2. The summed E-state index contributed by atoms with van der Waals surface area (Å²) in [4.78, 5) is 33.3. The van der Waals surface area contributed by atoms with Crippen molar-refractivity contribution in [1.82, 2.24) is 19.7 Å². The molecule has 1 saturated heterocycles. The van der Waals surface area contributed by atoms with Crippen LogP contribution in [-0.2, 0) is 4.74 Å². The quantitative estimate of drug-likeness (QED) is 0.535. The van der Waals surface area contributed by atoms with E-state index in [2.05, 4.69) is 15.0 Å². The molecule has 1 aliphatic heterocycles. The number of methoxy groups -OCH3 is 1. The highest BCUT2D eigenvalue weighted by molar-refractivity contribution is 5.92. The number of rotatable bonds is 6. The van der Waals surface area contributed by atoms with Gasteiger partial charge in [0.2, 0.25) is 0 Å². The highest BCUT2D eigenvalue weighted by atomic mass is 16.5. The van der Waals surface area contributed by atoms with E-state index in [0.29, 0.717) is 37.5 Å². The lowest BCUT2D eigenvalue weighted by molar-refractivity contribution is 0.0525. The van der Waals surface area contributed by atoms with Gasteiger partial charge in [-0.2, -0.15) is 5.10 Å². The van der Waals surface area contributed by atoms with Crippen LogP contribution in [0.15, 0.2) is 54.9 Å². The van der Waals surface area contributed by atoms with Crippen LogP contribution in [0.25, 0.3) is 5.69 Å². The van der Waals surface area contributed by atoms with Crippen LogP contribution in [0.1, 0.15) is 34.2 Å². The van der Waals surface area contributed by atoms with Gasteiger partial charge in [0.05, 0.1) is 25.0 Å². The van der Waals surface area contributed by atoms with Crippen molar-refractivity contribution in [2.75, 3.05) is 44.8 Å². The zero-order chi connectivity index (χ0) is 23.2. The molecule has 1 fully saturated rings. The number of benzene rings is 1. The van der Waals surface area contributed by atoms with Crippen LogP contribution in [0.3, 0.4) is 0 Å². The maximum atomic E-state index is 13.1. The number of nitrogens with zero attached hydrogens (tertiary/aromatic N) is 5. The second-order valence-electron chi connectivity index (χ2n) is 7.60. The second kappa shape index (κ2) is 10.2. The summed E-state index contributed by atoms with van der Waals surface area (Å²) in [6.07, 6.45) is 4.13. The number of hydrogen-bond acceptors (Lipinski definition) is 7. The summed E-state index contributed by atoms with van der Waals surface area (Å²) in [5, 5.41) is 4.48. The fourth-order valence-corrected chi connectivity index (χ4v) is 3.74. The third-order valence-corrected chi connectivity index (χ3v) is 5.51. The van der Waals surface area contributed by atoms with Crippen LogP contribution in [0.2, 0.25) is 0 Å². The number of carbonyl (C=O) groups excluding carboxylic acids is 2. The van der Waals surface area contributed by atoms with Crippen LogP contribution in [-0.4, -0.2) is 71.4 Å². The van der Waals surface area contributed by atoms with Gasteiger partial charge in [-0.05, 0) is 55.8 Å². The van der Waals surface area contributed by atoms with Gasteiger partial charge in [-0.25, -0.2) is 14.5 Å². The molecule has 3 aromatic rings. The van der Waals surface area contributed by atoms with Gasteiger partial charge in [0.25, 0.3) is 5.91 Å². The number of esters is 1. The molecular weight excluding hydrogens is 422 g/mol. The maximum absolute atomic E-state index is 13.1. The fourth-order valence-electron chi connectivity index (χ4n) is 3.74. The van der Waals surface area contributed by atoms with E-state index in [-0.39, 0.29) is 11.9 Å². The first-order chi connectivity index (χ1) is 16.1. The summed E-state index contributed by atoms with van der Waals surface area (Å²) in [6, 6.07) is 12.8. The summed E-state index contributed by atoms with van der Waals surface area (Å²) in [6.45, 7) is 4.73. The van der Waals surface area contributed by atoms with Crippen molar-refractivity contribution in [1.29, 1.82) is 0 Å². The van der Waals surface area contributed by atoms with E-state index in [0.717, 1.165) is 30.2 Å². The Bertz CT molecular complexity index is 1090. The van der Waals surface area contributed by atoms with Crippen LogP contribution in [0.4, 0.5) is 5.82 Å². The lowest BCUT2D eigenvalue weighted by atomic mass is 10.2. The molecule has 4 rings (SSSR count). The minimum Gasteiger partial charge on any atom is -0.497 e. The lowest BCUT2D eigenvalue weighted by Crippen LogP contribution is -2.35. The Morgan fingerprint density at radius 2 is 1.82 bits per heavy atom. The molecule has 2 aromatic heterocycles. The highest BCUT2D eigenvalue weighted by Gasteiger charge is 2.23. The maximum Gasteiger partial charge on any atom is 0.339 e. The smallest absolute Gasteiger partial charge is 0.339 e. The molecule has 0 unspecified atom stereocenters. The van der Waals surface area contributed by atoms with E-state index >= 15 is 0 Å². The Morgan fingerprint density at radius 1 is 1.00 bits per heavy atom. The molecule has 1 aliphatic rings. The molecule has 0 N–H and O–H groups in total. The molecule has 3 heterocycles. The summed E-state index contributed by atoms with van der Waals surface area (Å²) in [7, 11) is 1.62. The molecular formula is C24H27N5O4. The zero-order valence-electron chi connectivity index (χ0n) is 18.8. The Balaban J connectivity index is 1.39. The first-order valence-electron chi connectivity index (χ1n) is 11.0. The molecule has 0 radical (unpaired) electrons. The molecule has 0 spiro atoms. The predicted molar refractivity (Wildman–Crippen MR) is 123 cm³/mol. The van der Waals surface area contributed by atoms with Gasteiger partial charge < -0.3 is 19.3 Å². The van der Waals surface area contributed by atoms with Gasteiger partial charge in [-0.1, -0.05) is 0 Å². The molecule has 9 nitrogen and oxygen atoms in total. The van der Waals surface area contributed by atoms with E-state index in [9.17, 15) is 9.59 Å². The van der Waals surface area contributed by atoms with Crippen molar-refractivity contribution in [3.05, 3.63) is 66.1 Å². The van der Waals surface area contributed by atoms with Gasteiger partial charge in [0, 0.05) is 38.6 Å². The summed E-state index contributed by atoms with van der Waals surface area (Å²) in [5.41, 5.74) is 1.70. The number of hydrogen-bond donors (Lipinski definition) is 0. The number of aromatic nitrogens is 3. The average Bonchev–Trinajstić information content (AvgIpc) is 3.22. The van der Waals surface area contributed by atoms with Crippen molar-refractivity contribution >= 4 is 17.7 Å². The van der Waals surface area contributed by atoms with E-state index in [4.69, 9.17) is 9.47 Å². The van der Waals surface area contributed by atoms with Gasteiger partial charge in [0.1, 0.15) is 11.6 Å². The number of anilines is 1. The van der Waals surface area contributed by atoms with E-state index < -0.39 is 0 Å². The van der Waals surface area contributed by atoms with E-state index in [1.165, 1.54) is 6.20 Å². The van der Waals surface area contributed by atoms with Crippen LogP contribution >= 0.6 is 0 Å². The average molecular weight is 450 g/mol. The molecule has 33 heavy (non-hydrogen) atoms. The number of amides is 1. The topological polar surface area (TPSA) is 89.8 Å². The minimum atomic E-state index is -0.377. The van der Waals surface area contributed by atoms with Gasteiger partial charge >= 0.3 is 5.97 Å². The van der Waals surface area contributed by atoms with Crippen molar-refractivity contribution in [3.63, 3.8) is 0 Å². The molecule has 172 valence electrons. The van der Waals surface area contributed by atoms with Crippen molar-refractivity contribution in [2.24, 2.45) is 0 Å². The first-order valence-corrected chi connectivity index (χ1v) is 11.0. The highest BCUT2D eigenvalue weighted by Crippen LogP contribution is 2.17. The Kier molecular flexibility index (Phi) is 6.87. The van der Waals surface area contributed by atoms with Crippen molar-refractivity contribution in [2.45, 2.75) is 13.3 Å². The second-order valence-corrected chi connectivity index (χ2v) is 7.60. The summed E-state index contributed by atoms with van der Waals surface area (Å²) >= 11 is 0. The van der Waals surface area contributed by atoms with Crippen LogP contribution in [0, 0.1) is 0 Å². The monoisotopic (exact) mass is 449 g/mol. The van der Waals surface area contributed by atoms with Gasteiger partial charge in [0.15, 0.2) is 5.69 Å². The zero-order valence-corrected chi connectivity index (χ0v) is 18.8. The Morgan fingerprint density at radius 3 is 2.52 bits per heavy atom. The molecule has 0 bridgehead atoms. The van der Waals surface area contributed by atoms with Crippen LogP contribution < -0.4 is 9.64 Å². The molecule has 0 aliphatic carbocycles. The molecule has 0 saturated carbocycles. The SMILES string of the molecule is CCOC(=O)c1ccc(N2CCCN(C(=O)c3ccn(-c4ccc(OC)cc4)n3)CC2)nc1. The predicted octanol–water partition coefficient (Wildman–Crippen LogP) is 2.81. The Labute approximate surface area is 192 Å². The number of pyridine rings is 1. The lowest BCUT2D eigenvalue weighted by Gasteiger charge is -2.22. The third-order valence-electron chi connectivity index (χ3n) is 5.51.